The molecule has 0 rings (SSSR count). The van der Waals surface area contributed by atoms with Crippen LogP contribution in [-0.4, -0.2) is 71.6 Å². The van der Waals surface area contributed by atoms with E-state index in [1.54, 1.807) is 7.11 Å². The van der Waals surface area contributed by atoms with Crippen molar-refractivity contribution in [2.75, 3.05) is 59.9 Å². The molecule has 0 aliphatic heterocycles. The molecule has 1 amide bonds. The van der Waals surface area contributed by atoms with E-state index in [0.29, 0.717) is 72.1 Å². The van der Waals surface area contributed by atoms with E-state index in [-0.39, 0.29) is 13.1 Å². The summed E-state index contributed by atoms with van der Waals surface area (Å²) in [6, 6.07) is 0. The van der Waals surface area contributed by atoms with Crippen LogP contribution < -0.4 is 5.32 Å². The summed E-state index contributed by atoms with van der Waals surface area (Å²) in [4.78, 5) is 22.4. The van der Waals surface area contributed by atoms with Gasteiger partial charge in [-0.1, -0.05) is 6.92 Å². The first kappa shape index (κ1) is 21.0. The van der Waals surface area contributed by atoms with Crippen LogP contribution in [-0.2, 0) is 28.5 Å². The molecule has 0 aromatic carbocycles. The Morgan fingerprint density at radius 1 is 0.864 bits per heavy atom. The average Bonchev–Trinajstić information content (AvgIpc) is 2.52. The molecule has 0 saturated heterocycles. The Hall–Kier alpha value is -1.02. The van der Waals surface area contributed by atoms with Crippen molar-refractivity contribution in [1.29, 1.82) is 0 Å². The first-order valence-corrected chi connectivity index (χ1v) is 7.71. The summed E-state index contributed by atoms with van der Waals surface area (Å²) in [7, 11) is 1.60. The van der Waals surface area contributed by atoms with E-state index in [1.165, 1.54) is 0 Å². The van der Waals surface area contributed by atoms with Crippen molar-refractivity contribution in [2.24, 2.45) is 0 Å². The fourth-order valence-electron chi connectivity index (χ4n) is 1.44. The molecule has 7 nitrogen and oxygen atoms in total. The van der Waals surface area contributed by atoms with Gasteiger partial charge in [0.05, 0.1) is 46.2 Å². The van der Waals surface area contributed by atoms with E-state index >= 15 is 0 Å². The zero-order valence-corrected chi connectivity index (χ0v) is 13.7. The number of nitrogens with one attached hydrogen (secondary N) is 1. The maximum Gasteiger partial charge on any atom is 0.222 e. The molecule has 0 aliphatic rings. The van der Waals surface area contributed by atoms with Gasteiger partial charge in [0, 0.05) is 34.3 Å². The summed E-state index contributed by atoms with van der Waals surface area (Å²) in [5.74, 6) is 0.144. The predicted molar refractivity (Wildman–Crippen MR) is 84.0 cm³/mol. The number of carbonyl (C=O) groups excluding carboxylic acids is 2. The van der Waals surface area contributed by atoms with Crippen LogP contribution in [0.4, 0.5) is 0 Å². The minimum absolute atomic E-state index is 0. The lowest BCUT2D eigenvalue weighted by molar-refractivity contribution is -0.122. The van der Waals surface area contributed by atoms with Gasteiger partial charge in [0.2, 0.25) is 5.91 Å². The van der Waals surface area contributed by atoms with Crippen molar-refractivity contribution >= 4 is 11.7 Å². The van der Waals surface area contributed by atoms with Gasteiger partial charge in [-0.3, -0.25) is 9.59 Å². The fraction of sp³-hybridized carbons (Fsp3) is 0.867. The topological polar surface area (TPSA) is 83.1 Å². The Morgan fingerprint density at radius 2 is 1.45 bits per heavy atom. The van der Waals surface area contributed by atoms with Gasteiger partial charge in [0.15, 0.2) is 0 Å². The highest BCUT2D eigenvalue weighted by Gasteiger charge is 2.01. The molecule has 0 bridgehead atoms. The number of hydrogen-bond donors (Lipinski definition) is 1. The van der Waals surface area contributed by atoms with Crippen molar-refractivity contribution < 1.29 is 30.0 Å². The third-order valence-electron chi connectivity index (χ3n) is 2.77. The number of methoxy groups -OCH3 is 1. The molecule has 0 atom stereocenters. The van der Waals surface area contributed by atoms with Crippen LogP contribution in [0.2, 0.25) is 0 Å². The third kappa shape index (κ3) is 15.4. The molecule has 0 fully saturated rings. The Bertz CT molecular complexity index is 291. The lowest BCUT2D eigenvalue weighted by Crippen LogP contribution is -2.28. The first-order chi connectivity index (χ1) is 10.7. The highest BCUT2D eigenvalue weighted by Crippen LogP contribution is 1.90. The smallest absolute Gasteiger partial charge is 0.222 e. The first-order valence-electron chi connectivity index (χ1n) is 7.71. The molecule has 132 valence electrons. The maximum atomic E-state index is 11.4. The van der Waals surface area contributed by atoms with Crippen molar-refractivity contribution in [1.82, 2.24) is 5.32 Å². The van der Waals surface area contributed by atoms with Crippen LogP contribution >= 0.6 is 0 Å². The zero-order chi connectivity index (χ0) is 16.5. The fourth-order valence-corrected chi connectivity index (χ4v) is 1.44. The second-order valence-electron chi connectivity index (χ2n) is 4.57. The van der Waals surface area contributed by atoms with Gasteiger partial charge in [0.25, 0.3) is 0 Å². The predicted octanol–water partition coefficient (Wildman–Crippen LogP) is 0.804. The molecule has 0 spiro atoms. The van der Waals surface area contributed by atoms with Crippen molar-refractivity contribution in [3.05, 3.63) is 0 Å². The Kier molecular flexibility index (Phi) is 15.6. The molecule has 7 heteroatoms. The maximum absolute atomic E-state index is 11.4. The molecular weight excluding hydrogens is 290 g/mol. The van der Waals surface area contributed by atoms with E-state index in [1.807, 2.05) is 6.92 Å². The van der Waals surface area contributed by atoms with Gasteiger partial charge in [-0.25, -0.2) is 0 Å². The highest BCUT2D eigenvalue weighted by atomic mass is 16.5. The van der Waals surface area contributed by atoms with E-state index in [9.17, 15) is 9.59 Å². The number of rotatable bonds is 16. The van der Waals surface area contributed by atoms with Crippen LogP contribution in [0.15, 0.2) is 0 Å². The second kappa shape index (κ2) is 16.4. The molecule has 0 radical (unpaired) electrons. The molecule has 0 aromatic rings. The number of hydrogen-bond acceptors (Lipinski definition) is 6. The summed E-state index contributed by atoms with van der Waals surface area (Å²) in [6.07, 6.45) is 1.34. The van der Waals surface area contributed by atoms with E-state index in [2.05, 4.69) is 5.32 Å². The molecule has 22 heavy (non-hydrogen) atoms. The molecule has 0 saturated carbocycles. The lowest BCUT2D eigenvalue weighted by Gasteiger charge is -2.07. The summed E-state index contributed by atoms with van der Waals surface area (Å²) in [6.45, 7) is 5.51. The van der Waals surface area contributed by atoms with Crippen LogP contribution in [0.25, 0.3) is 0 Å². The quantitative estimate of drug-likeness (QED) is 0.424. The van der Waals surface area contributed by atoms with Crippen LogP contribution in [0.5, 0.6) is 0 Å². The van der Waals surface area contributed by atoms with Gasteiger partial charge in [-0.2, -0.15) is 0 Å². The Balaban J connectivity index is 0. The molecule has 0 aliphatic carbocycles. The molecular formula is C15H31NO6. The summed E-state index contributed by atoms with van der Waals surface area (Å²) >= 11 is 0. The van der Waals surface area contributed by atoms with Crippen molar-refractivity contribution in [2.45, 2.75) is 26.2 Å². The van der Waals surface area contributed by atoms with Crippen molar-refractivity contribution in [3.8, 4) is 0 Å². The number of Topliss-reactive ketones (excluding diaryl/α,β-unsaturated/α-hetero) is 1. The molecule has 0 heterocycles. The monoisotopic (exact) mass is 321 g/mol. The number of ketones is 1. The van der Waals surface area contributed by atoms with Gasteiger partial charge >= 0.3 is 0 Å². The van der Waals surface area contributed by atoms with Gasteiger partial charge in [0.1, 0.15) is 5.78 Å². The number of carbonyl (C=O) groups is 2. The highest BCUT2D eigenvalue weighted by molar-refractivity contribution is 5.78. The SMILES string of the molecule is CCC(=O)CCOCCOCCNC(=O)CCOCCOC.[HH]. The van der Waals surface area contributed by atoms with Gasteiger partial charge in [-0.05, 0) is 0 Å². The second-order valence-corrected chi connectivity index (χ2v) is 4.57. The summed E-state index contributed by atoms with van der Waals surface area (Å²) in [5.41, 5.74) is 0. The minimum Gasteiger partial charge on any atom is -0.382 e. The molecule has 1 N–H and O–H groups in total. The zero-order valence-electron chi connectivity index (χ0n) is 13.7. The van der Waals surface area contributed by atoms with Crippen LogP contribution in [0.3, 0.4) is 0 Å². The van der Waals surface area contributed by atoms with E-state index in [0.717, 1.165) is 0 Å². The standard InChI is InChI=1S/C15H29NO6.H2/c1-3-14(17)4-7-20-12-13-22-9-6-16-15(18)5-8-21-11-10-19-2;/h3-13H2,1-2H3,(H,16,18);1H. The molecule has 0 aromatic heterocycles. The number of ether oxygens (including phenoxy) is 4. The summed E-state index contributed by atoms with van der Waals surface area (Å²) < 4.78 is 20.6. The van der Waals surface area contributed by atoms with Gasteiger partial charge < -0.3 is 24.3 Å². The van der Waals surface area contributed by atoms with Crippen molar-refractivity contribution in [3.63, 3.8) is 0 Å². The largest absolute Gasteiger partial charge is 0.382 e. The van der Waals surface area contributed by atoms with Crippen LogP contribution in [0.1, 0.15) is 27.6 Å². The Morgan fingerprint density at radius 3 is 2.09 bits per heavy atom. The van der Waals surface area contributed by atoms with E-state index < -0.39 is 0 Å². The Labute approximate surface area is 134 Å². The minimum atomic E-state index is -0.0599. The lowest BCUT2D eigenvalue weighted by atomic mass is 10.2. The average molecular weight is 321 g/mol. The molecule has 0 unspecified atom stereocenters. The van der Waals surface area contributed by atoms with Gasteiger partial charge in [-0.15, -0.1) is 0 Å². The number of amides is 1. The van der Waals surface area contributed by atoms with Crippen LogP contribution in [0, 0.1) is 0 Å². The van der Waals surface area contributed by atoms with E-state index in [4.69, 9.17) is 18.9 Å². The third-order valence-corrected chi connectivity index (χ3v) is 2.77. The normalized spacial score (nSPS) is 10.6. The summed E-state index contributed by atoms with van der Waals surface area (Å²) in [5, 5.41) is 2.74.